The first kappa shape index (κ1) is 19.9. The van der Waals surface area contributed by atoms with Gasteiger partial charge < -0.3 is 5.32 Å². The van der Waals surface area contributed by atoms with Gasteiger partial charge in [0.1, 0.15) is 5.69 Å². The largest absolute Gasteiger partial charge is 0.344 e. The molecule has 0 aliphatic heterocycles. The van der Waals surface area contributed by atoms with Crippen LogP contribution in [0.1, 0.15) is 27.3 Å². The van der Waals surface area contributed by atoms with Crippen LogP contribution >= 0.6 is 11.6 Å². The molecule has 1 aromatic heterocycles. The summed E-state index contributed by atoms with van der Waals surface area (Å²) in [6.45, 7) is 2.49. The van der Waals surface area contributed by atoms with Crippen LogP contribution in [-0.2, 0) is 5.92 Å². The fraction of sp³-hybridized carbons (Fsp3) is 0.190. The van der Waals surface area contributed by atoms with Gasteiger partial charge in [-0.05, 0) is 49.7 Å². The zero-order valence-electron chi connectivity index (χ0n) is 15.3. The first-order valence-corrected chi connectivity index (χ1v) is 8.98. The van der Waals surface area contributed by atoms with Gasteiger partial charge >= 0.3 is 0 Å². The third-order valence-electron chi connectivity index (χ3n) is 4.20. The Labute approximate surface area is 166 Å². The van der Waals surface area contributed by atoms with Crippen molar-refractivity contribution in [3.8, 4) is 11.4 Å². The molecule has 0 unspecified atom stereocenters. The Morgan fingerprint density at radius 1 is 1.07 bits per heavy atom. The molecule has 0 radical (unpaired) electrons. The molecule has 0 fully saturated rings. The first-order chi connectivity index (χ1) is 13.3. The first-order valence-electron chi connectivity index (χ1n) is 8.60. The molecule has 0 spiro atoms. The maximum Gasteiger partial charge on any atom is 0.290 e. The number of amides is 1. The van der Waals surface area contributed by atoms with Crippen molar-refractivity contribution < 1.29 is 13.6 Å². The molecule has 7 heteroatoms. The normalized spacial score (nSPS) is 11.3. The summed E-state index contributed by atoms with van der Waals surface area (Å²) in [4.78, 5) is 21.0. The lowest BCUT2D eigenvalue weighted by Gasteiger charge is -2.19. The molecular formula is C21H18ClF2N3O. The molecular weight excluding hydrogens is 384 g/mol. The van der Waals surface area contributed by atoms with Gasteiger partial charge in [0, 0.05) is 21.8 Å². The van der Waals surface area contributed by atoms with E-state index in [4.69, 9.17) is 11.6 Å². The molecule has 4 nitrogen and oxygen atoms in total. The summed E-state index contributed by atoms with van der Waals surface area (Å²) in [5.41, 5.74) is 1.60. The highest BCUT2D eigenvalue weighted by atomic mass is 35.5. The predicted octanol–water partition coefficient (Wildman–Crippen LogP) is 4.94. The fourth-order valence-corrected chi connectivity index (χ4v) is 2.90. The van der Waals surface area contributed by atoms with Crippen molar-refractivity contribution >= 4 is 17.5 Å². The second-order valence-corrected chi connectivity index (χ2v) is 6.86. The van der Waals surface area contributed by atoms with Crippen molar-refractivity contribution in [2.75, 3.05) is 6.54 Å². The number of alkyl halides is 2. The number of carbonyl (C=O) groups is 1. The maximum absolute atomic E-state index is 14.5. The third-order valence-corrected chi connectivity index (χ3v) is 4.45. The van der Waals surface area contributed by atoms with Gasteiger partial charge in [0.15, 0.2) is 5.82 Å². The second-order valence-electron chi connectivity index (χ2n) is 6.43. The lowest BCUT2D eigenvalue weighted by molar-refractivity contribution is -0.00310. The van der Waals surface area contributed by atoms with Gasteiger partial charge in [-0.15, -0.1) is 0 Å². The average molecular weight is 402 g/mol. The van der Waals surface area contributed by atoms with E-state index in [1.807, 2.05) is 0 Å². The van der Waals surface area contributed by atoms with Gasteiger partial charge in [0.25, 0.3) is 11.8 Å². The maximum atomic E-state index is 14.5. The lowest BCUT2D eigenvalue weighted by atomic mass is 10.0. The van der Waals surface area contributed by atoms with Crippen LogP contribution < -0.4 is 5.32 Å². The number of benzene rings is 2. The highest BCUT2D eigenvalue weighted by Gasteiger charge is 2.33. The molecule has 1 heterocycles. The number of aryl methyl sites for hydroxylation is 2. The Kier molecular flexibility index (Phi) is 5.70. The van der Waals surface area contributed by atoms with E-state index in [2.05, 4.69) is 15.3 Å². The van der Waals surface area contributed by atoms with E-state index in [0.29, 0.717) is 27.7 Å². The molecule has 0 aliphatic carbocycles. The van der Waals surface area contributed by atoms with Crippen molar-refractivity contribution in [2.24, 2.45) is 0 Å². The number of nitrogens with one attached hydrogen (secondary N) is 1. The van der Waals surface area contributed by atoms with Gasteiger partial charge in [-0.2, -0.15) is 8.78 Å². The van der Waals surface area contributed by atoms with E-state index >= 15 is 0 Å². The molecule has 2 aromatic carbocycles. The van der Waals surface area contributed by atoms with E-state index in [1.165, 1.54) is 12.1 Å². The minimum Gasteiger partial charge on any atom is -0.344 e. The fourth-order valence-electron chi connectivity index (χ4n) is 2.77. The van der Waals surface area contributed by atoms with Crippen LogP contribution in [0.5, 0.6) is 0 Å². The minimum atomic E-state index is -3.19. The highest BCUT2D eigenvalue weighted by molar-refractivity contribution is 6.30. The minimum absolute atomic E-state index is 0.0260. The summed E-state index contributed by atoms with van der Waals surface area (Å²) in [5, 5.41) is 2.84. The van der Waals surface area contributed by atoms with Crippen LogP contribution in [0.25, 0.3) is 11.4 Å². The average Bonchev–Trinajstić information content (AvgIpc) is 2.66. The van der Waals surface area contributed by atoms with E-state index < -0.39 is 18.4 Å². The molecule has 0 aliphatic rings. The van der Waals surface area contributed by atoms with Crippen LogP contribution in [0.2, 0.25) is 5.02 Å². The summed E-state index contributed by atoms with van der Waals surface area (Å²) < 4.78 is 29.0. The van der Waals surface area contributed by atoms with E-state index in [0.717, 1.165) is 0 Å². The Morgan fingerprint density at radius 3 is 2.43 bits per heavy atom. The third kappa shape index (κ3) is 4.51. The van der Waals surface area contributed by atoms with Gasteiger partial charge in [-0.1, -0.05) is 35.9 Å². The molecule has 28 heavy (non-hydrogen) atoms. The van der Waals surface area contributed by atoms with Gasteiger partial charge in [-0.25, -0.2) is 9.97 Å². The lowest BCUT2D eigenvalue weighted by Crippen LogP contribution is -2.36. The number of hydrogen-bond acceptors (Lipinski definition) is 3. The number of hydrogen-bond donors (Lipinski definition) is 1. The standard InChI is InChI=1S/C21H18ClF2N3O/c1-13-5-3-4-6-17(13)21(23,24)12-25-20(28)18-11-14(2)26-19(27-18)15-7-9-16(22)10-8-15/h3-11H,12H2,1-2H3,(H,25,28). The summed E-state index contributed by atoms with van der Waals surface area (Å²) in [5.74, 6) is -3.55. The SMILES string of the molecule is Cc1cc(C(=O)NCC(F)(F)c2ccccc2C)nc(-c2ccc(Cl)cc2)n1. The van der Waals surface area contributed by atoms with Crippen molar-refractivity contribution in [2.45, 2.75) is 19.8 Å². The van der Waals surface area contributed by atoms with Gasteiger partial charge in [0.05, 0.1) is 6.54 Å². The Balaban J connectivity index is 1.79. The van der Waals surface area contributed by atoms with Crippen LogP contribution in [-0.4, -0.2) is 22.4 Å². The van der Waals surface area contributed by atoms with Gasteiger partial charge in [-0.3, -0.25) is 4.79 Å². The zero-order chi connectivity index (χ0) is 20.3. The number of carbonyl (C=O) groups excluding carboxylic acids is 1. The van der Waals surface area contributed by atoms with Crippen molar-refractivity contribution in [1.29, 1.82) is 0 Å². The van der Waals surface area contributed by atoms with Crippen LogP contribution in [0.3, 0.4) is 0 Å². The molecule has 0 bridgehead atoms. The van der Waals surface area contributed by atoms with Crippen LogP contribution in [0.4, 0.5) is 8.78 Å². The summed E-state index contributed by atoms with van der Waals surface area (Å²) in [6, 6.07) is 14.5. The van der Waals surface area contributed by atoms with Crippen molar-refractivity contribution in [3.63, 3.8) is 0 Å². The number of aromatic nitrogens is 2. The van der Waals surface area contributed by atoms with Crippen LogP contribution in [0, 0.1) is 13.8 Å². The van der Waals surface area contributed by atoms with E-state index in [1.54, 1.807) is 56.3 Å². The topological polar surface area (TPSA) is 54.9 Å². The Morgan fingerprint density at radius 2 is 1.75 bits per heavy atom. The predicted molar refractivity (Wildman–Crippen MR) is 105 cm³/mol. The van der Waals surface area contributed by atoms with Crippen molar-refractivity contribution in [1.82, 2.24) is 15.3 Å². The number of nitrogens with zero attached hydrogens (tertiary/aromatic N) is 2. The molecule has 3 aromatic rings. The molecule has 0 saturated heterocycles. The molecule has 0 atom stereocenters. The monoisotopic (exact) mass is 401 g/mol. The molecule has 144 valence electrons. The smallest absolute Gasteiger partial charge is 0.290 e. The van der Waals surface area contributed by atoms with E-state index in [-0.39, 0.29) is 11.3 Å². The van der Waals surface area contributed by atoms with Crippen molar-refractivity contribution in [3.05, 3.63) is 82.1 Å². The Hall–Kier alpha value is -2.86. The molecule has 1 amide bonds. The molecule has 0 saturated carbocycles. The molecule has 3 rings (SSSR count). The Bertz CT molecular complexity index is 1010. The molecule has 1 N–H and O–H groups in total. The van der Waals surface area contributed by atoms with Gasteiger partial charge in [0.2, 0.25) is 0 Å². The summed E-state index contributed by atoms with van der Waals surface area (Å²) >= 11 is 5.88. The summed E-state index contributed by atoms with van der Waals surface area (Å²) in [6.07, 6.45) is 0. The van der Waals surface area contributed by atoms with Crippen LogP contribution in [0.15, 0.2) is 54.6 Å². The quantitative estimate of drug-likeness (QED) is 0.659. The zero-order valence-corrected chi connectivity index (χ0v) is 16.1. The number of halogens is 3. The van der Waals surface area contributed by atoms with E-state index in [9.17, 15) is 13.6 Å². The highest BCUT2D eigenvalue weighted by Crippen LogP contribution is 2.29. The second kappa shape index (κ2) is 8.02. The summed E-state index contributed by atoms with van der Waals surface area (Å²) in [7, 11) is 0. The number of rotatable bonds is 5.